The zero-order valence-corrected chi connectivity index (χ0v) is 10.1. The molecule has 0 spiro atoms. The van der Waals surface area contributed by atoms with Crippen molar-refractivity contribution in [3.63, 3.8) is 0 Å². The van der Waals surface area contributed by atoms with Crippen LogP contribution in [-0.2, 0) is 7.05 Å². The van der Waals surface area contributed by atoms with E-state index in [1.54, 1.807) is 30.3 Å². The smallest absolute Gasteiger partial charge is 0.263 e. The lowest BCUT2D eigenvalue weighted by atomic mass is 10.1. The molecule has 0 bridgehead atoms. The first-order chi connectivity index (χ1) is 8.11. The molecule has 1 amide bonds. The molecule has 1 aliphatic rings. The molecule has 0 aromatic carbocycles. The Labute approximate surface area is 100 Å². The molecule has 0 radical (unpaired) electrons. The van der Waals surface area contributed by atoms with Gasteiger partial charge in [-0.15, -0.1) is 0 Å². The first-order valence-corrected chi connectivity index (χ1v) is 5.78. The van der Waals surface area contributed by atoms with Gasteiger partial charge < -0.3 is 14.8 Å². The van der Waals surface area contributed by atoms with Crippen molar-refractivity contribution in [1.82, 2.24) is 14.8 Å². The summed E-state index contributed by atoms with van der Waals surface area (Å²) in [4.78, 5) is 25.9. The van der Waals surface area contributed by atoms with Crippen LogP contribution in [0.2, 0.25) is 0 Å². The Morgan fingerprint density at radius 3 is 3.00 bits per heavy atom. The minimum absolute atomic E-state index is 0.126. The standard InChI is InChI=1S/C12H17N3O2/c1-9-8-13-5-7-15(9)12(17)10-4-3-6-14(2)11(10)16/h3-4,6,9,13H,5,7-8H2,1-2H3/t9-/m0/s1. The first kappa shape index (κ1) is 11.9. The second-order valence-corrected chi connectivity index (χ2v) is 4.39. The average molecular weight is 235 g/mol. The Bertz CT molecular complexity index is 481. The molecular weight excluding hydrogens is 218 g/mol. The summed E-state index contributed by atoms with van der Waals surface area (Å²) in [7, 11) is 1.65. The van der Waals surface area contributed by atoms with Crippen LogP contribution in [0, 0.1) is 0 Å². The predicted octanol–water partition coefficient (Wildman–Crippen LogP) is -0.181. The Morgan fingerprint density at radius 1 is 1.53 bits per heavy atom. The highest BCUT2D eigenvalue weighted by Gasteiger charge is 2.25. The minimum atomic E-state index is -0.233. The van der Waals surface area contributed by atoms with Gasteiger partial charge in [0.05, 0.1) is 0 Å². The van der Waals surface area contributed by atoms with E-state index >= 15 is 0 Å². The molecule has 1 N–H and O–H groups in total. The van der Waals surface area contributed by atoms with E-state index in [1.165, 1.54) is 4.57 Å². The molecule has 1 aromatic heterocycles. The molecule has 1 aliphatic heterocycles. The van der Waals surface area contributed by atoms with Crippen LogP contribution in [0.5, 0.6) is 0 Å². The van der Waals surface area contributed by atoms with Crippen molar-refractivity contribution in [2.75, 3.05) is 19.6 Å². The summed E-state index contributed by atoms with van der Waals surface area (Å²) in [5.74, 6) is -0.166. The number of nitrogens with zero attached hydrogens (tertiary/aromatic N) is 2. The lowest BCUT2D eigenvalue weighted by Crippen LogP contribution is -2.53. The van der Waals surface area contributed by atoms with Crippen LogP contribution in [-0.4, -0.2) is 41.1 Å². The number of nitrogens with one attached hydrogen (secondary N) is 1. The van der Waals surface area contributed by atoms with E-state index in [0.717, 1.165) is 13.1 Å². The Kier molecular flexibility index (Phi) is 3.28. The van der Waals surface area contributed by atoms with Gasteiger partial charge in [0.2, 0.25) is 0 Å². The van der Waals surface area contributed by atoms with E-state index < -0.39 is 0 Å². The van der Waals surface area contributed by atoms with Gasteiger partial charge in [-0.25, -0.2) is 0 Å². The summed E-state index contributed by atoms with van der Waals surface area (Å²) in [5.41, 5.74) is 0.0204. The number of piperazine rings is 1. The summed E-state index contributed by atoms with van der Waals surface area (Å²) < 4.78 is 1.43. The Hall–Kier alpha value is -1.62. The molecule has 92 valence electrons. The van der Waals surface area contributed by atoms with Crippen molar-refractivity contribution in [3.8, 4) is 0 Å². The molecule has 5 heteroatoms. The number of aryl methyl sites for hydroxylation is 1. The van der Waals surface area contributed by atoms with E-state index in [2.05, 4.69) is 5.32 Å². The maximum Gasteiger partial charge on any atom is 0.263 e. The van der Waals surface area contributed by atoms with Crippen molar-refractivity contribution in [2.24, 2.45) is 7.05 Å². The number of aromatic nitrogens is 1. The number of pyridine rings is 1. The predicted molar refractivity (Wildman–Crippen MR) is 65.1 cm³/mol. The summed E-state index contributed by atoms with van der Waals surface area (Å²) in [6, 6.07) is 3.45. The van der Waals surface area contributed by atoms with Crippen molar-refractivity contribution in [1.29, 1.82) is 0 Å². The third kappa shape index (κ3) is 2.24. The third-order valence-corrected chi connectivity index (χ3v) is 3.12. The average Bonchev–Trinajstić information content (AvgIpc) is 2.32. The number of carbonyl (C=O) groups is 1. The second kappa shape index (κ2) is 4.71. The quantitative estimate of drug-likeness (QED) is 0.734. The van der Waals surface area contributed by atoms with Gasteiger partial charge in [-0.1, -0.05) is 0 Å². The fourth-order valence-electron chi connectivity index (χ4n) is 2.06. The third-order valence-electron chi connectivity index (χ3n) is 3.12. The molecule has 1 aromatic rings. The summed E-state index contributed by atoms with van der Waals surface area (Å²) in [5, 5.41) is 3.22. The maximum absolute atomic E-state index is 12.3. The van der Waals surface area contributed by atoms with Crippen LogP contribution < -0.4 is 10.9 Å². The first-order valence-electron chi connectivity index (χ1n) is 5.78. The number of hydrogen-bond acceptors (Lipinski definition) is 3. The maximum atomic E-state index is 12.3. The topological polar surface area (TPSA) is 54.3 Å². The highest BCUT2D eigenvalue weighted by Crippen LogP contribution is 2.07. The van der Waals surface area contributed by atoms with Crippen LogP contribution in [0.25, 0.3) is 0 Å². The molecule has 17 heavy (non-hydrogen) atoms. The molecule has 1 saturated heterocycles. The van der Waals surface area contributed by atoms with Crippen LogP contribution in [0.3, 0.4) is 0 Å². The van der Waals surface area contributed by atoms with E-state index in [-0.39, 0.29) is 23.1 Å². The number of carbonyl (C=O) groups excluding carboxylic acids is 1. The molecule has 0 aliphatic carbocycles. The summed E-state index contributed by atoms with van der Waals surface area (Å²) in [6.07, 6.45) is 1.65. The van der Waals surface area contributed by atoms with E-state index in [9.17, 15) is 9.59 Å². The van der Waals surface area contributed by atoms with Crippen LogP contribution in [0.1, 0.15) is 17.3 Å². The SMILES string of the molecule is C[C@H]1CNCCN1C(=O)c1cccn(C)c1=O. The molecule has 0 saturated carbocycles. The van der Waals surface area contributed by atoms with Gasteiger partial charge in [0.25, 0.3) is 11.5 Å². The largest absolute Gasteiger partial charge is 0.333 e. The van der Waals surface area contributed by atoms with Gasteiger partial charge >= 0.3 is 0 Å². The molecule has 0 unspecified atom stereocenters. The minimum Gasteiger partial charge on any atom is -0.333 e. The van der Waals surface area contributed by atoms with Crippen LogP contribution >= 0.6 is 0 Å². The summed E-state index contributed by atoms with van der Waals surface area (Å²) in [6.45, 7) is 4.19. The van der Waals surface area contributed by atoms with E-state index in [1.807, 2.05) is 6.92 Å². The zero-order valence-electron chi connectivity index (χ0n) is 10.1. The van der Waals surface area contributed by atoms with Crippen molar-refractivity contribution < 1.29 is 4.79 Å². The highest BCUT2D eigenvalue weighted by molar-refractivity contribution is 5.94. The number of rotatable bonds is 1. The molecule has 5 nitrogen and oxygen atoms in total. The van der Waals surface area contributed by atoms with Crippen molar-refractivity contribution >= 4 is 5.91 Å². The molecular formula is C12H17N3O2. The second-order valence-electron chi connectivity index (χ2n) is 4.39. The molecule has 2 heterocycles. The highest BCUT2D eigenvalue weighted by atomic mass is 16.2. The van der Waals surface area contributed by atoms with Crippen LogP contribution in [0.15, 0.2) is 23.1 Å². The van der Waals surface area contributed by atoms with Gasteiger partial charge in [-0.3, -0.25) is 9.59 Å². The molecule has 1 fully saturated rings. The Balaban J connectivity index is 2.30. The van der Waals surface area contributed by atoms with E-state index in [4.69, 9.17) is 0 Å². The van der Waals surface area contributed by atoms with Gasteiger partial charge in [-0.2, -0.15) is 0 Å². The van der Waals surface area contributed by atoms with Crippen molar-refractivity contribution in [3.05, 3.63) is 34.2 Å². The number of amides is 1. The monoisotopic (exact) mass is 235 g/mol. The van der Waals surface area contributed by atoms with Gasteiger partial charge in [-0.05, 0) is 19.1 Å². The Morgan fingerprint density at radius 2 is 2.29 bits per heavy atom. The lowest BCUT2D eigenvalue weighted by molar-refractivity contribution is 0.0653. The normalized spacial score (nSPS) is 20.4. The van der Waals surface area contributed by atoms with Crippen molar-refractivity contribution in [2.45, 2.75) is 13.0 Å². The number of hydrogen-bond donors (Lipinski definition) is 1. The van der Waals surface area contributed by atoms with Gasteiger partial charge in [0.15, 0.2) is 0 Å². The zero-order chi connectivity index (χ0) is 12.4. The molecule has 1 atom stereocenters. The van der Waals surface area contributed by atoms with E-state index in [0.29, 0.717) is 6.54 Å². The van der Waals surface area contributed by atoms with Gasteiger partial charge in [0, 0.05) is 38.9 Å². The molecule has 2 rings (SSSR count). The fourth-order valence-corrected chi connectivity index (χ4v) is 2.06. The van der Waals surface area contributed by atoms with Crippen LogP contribution in [0.4, 0.5) is 0 Å². The lowest BCUT2D eigenvalue weighted by Gasteiger charge is -2.33. The summed E-state index contributed by atoms with van der Waals surface area (Å²) >= 11 is 0. The van der Waals surface area contributed by atoms with Gasteiger partial charge in [0.1, 0.15) is 5.56 Å². The fraction of sp³-hybridized carbons (Fsp3) is 0.500.